The van der Waals surface area contributed by atoms with Crippen LogP contribution in [0.2, 0.25) is 5.02 Å². The van der Waals surface area contributed by atoms with E-state index in [1.165, 1.54) is 7.11 Å². The molecule has 0 aliphatic rings. The van der Waals surface area contributed by atoms with E-state index < -0.39 is 10.8 Å². The number of benzene rings is 1. The molecule has 7 heteroatoms. The Balaban J connectivity index is 2.28. The fraction of sp³-hybridized carbons (Fsp3) is 0.333. The highest BCUT2D eigenvalue weighted by molar-refractivity contribution is 9.10. The van der Waals surface area contributed by atoms with Gasteiger partial charge >= 0.3 is 5.97 Å². The first-order chi connectivity index (χ1) is 9.02. The standard InChI is InChI=1S/C12H13BrClNO4/c1-18-12(17)10(13)6-15-11(16)7-19-9-4-2-8(14)3-5-9/h2-5,10H,6-7H2,1H3,(H,15,16). The smallest absolute Gasteiger partial charge is 0.321 e. The van der Waals surface area contributed by atoms with E-state index >= 15 is 0 Å². The molecule has 0 saturated carbocycles. The first kappa shape index (κ1) is 15.8. The van der Waals surface area contributed by atoms with E-state index in [2.05, 4.69) is 26.0 Å². The summed E-state index contributed by atoms with van der Waals surface area (Å²) in [4.78, 5) is 22.0. The Morgan fingerprint density at radius 3 is 2.58 bits per heavy atom. The minimum atomic E-state index is -0.572. The van der Waals surface area contributed by atoms with Gasteiger partial charge in [0, 0.05) is 11.6 Å². The van der Waals surface area contributed by atoms with Gasteiger partial charge in [-0.25, -0.2) is 0 Å². The molecule has 0 aliphatic carbocycles. The quantitative estimate of drug-likeness (QED) is 0.627. The Labute approximate surface area is 124 Å². The number of carbonyl (C=O) groups is 2. The van der Waals surface area contributed by atoms with Gasteiger partial charge in [-0.05, 0) is 24.3 Å². The summed E-state index contributed by atoms with van der Waals surface area (Å²) in [7, 11) is 1.28. The van der Waals surface area contributed by atoms with Crippen molar-refractivity contribution in [2.24, 2.45) is 0 Å². The van der Waals surface area contributed by atoms with Crippen LogP contribution in [0.15, 0.2) is 24.3 Å². The van der Waals surface area contributed by atoms with Crippen LogP contribution in [-0.2, 0) is 14.3 Å². The Morgan fingerprint density at radius 1 is 1.37 bits per heavy atom. The van der Waals surface area contributed by atoms with Gasteiger partial charge in [-0.15, -0.1) is 0 Å². The molecule has 0 spiro atoms. The minimum Gasteiger partial charge on any atom is -0.484 e. The number of hydrogen-bond donors (Lipinski definition) is 1. The van der Waals surface area contributed by atoms with Gasteiger partial charge in [0.05, 0.1) is 7.11 Å². The molecule has 0 aliphatic heterocycles. The van der Waals surface area contributed by atoms with Gasteiger partial charge < -0.3 is 14.8 Å². The number of ether oxygens (including phenoxy) is 2. The Morgan fingerprint density at radius 2 is 2.00 bits per heavy atom. The third kappa shape index (κ3) is 5.94. The molecule has 1 atom stereocenters. The zero-order chi connectivity index (χ0) is 14.3. The van der Waals surface area contributed by atoms with E-state index in [1.54, 1.807) is 24.3 Å². The van der Waals surface area contributed by atoms with Crippen LogP contribution in [0.3, 0.4) is 0 Å². The minimum absolute atomic E-state index is 0.134. The summed E-state index contributed by atoms with van der Waals surface area (Å²) in [6.07, 6.45) is 0. The lowest BCUT2D eigenvalue weighted by Crippen LogP contribution is -2.36. The summed E-state index contributed by atoms with van der Waals surface area (Å²) in [5.74, 6) is -0.231. The van der Waals surface area contributed by atoms with E-state index in [0.29, 0.717) is 10.8 Å². The summed E-state index contributed by atoms with van der Waals surface area (Å²) >= 11 is 8.81. The fourth-order valence-electron chi connectivity index (χ4n) is 1.15. The molecule has 1 amide bonds. The molecule has 1 aromatic carbocycles. The van der Waals surface area contributed by atoms with Gasteiger partial charge in [-0.3, -0.25) is 9.59 Å². The molecule has 1 unspecified atom stereocenters. The van der Waals surface area contributed by atoms with Crippen LogP contribution < -0.4 is 10.1 Å². The van der Waals surface area contributed by atoms with Gasteiger partial charge in [-0.1, -0.05) is 27.5 Å². The number of rotatable bonds is 6. The molecule has 1 rings (SSSR count). The van der Waals surface area contributed by atoms with Crippen LogP contribution in [-0.4, -0.2) is 37.0 Å². The molecule has 0 radical (unpaired) electrons. The molecule has 0 saturated heterocycles. The molecule has 104 valence electrons. The van der Waals surface area contributed by atoms with Crippen LogP contribution in [0.25, 0.3) is 0 Å². The summed E-state index contributed by atoms with van der Waals surface area (Å²) in [6, 6.07) is 6.66. The molecule has 1 N–H and O–H groups in total. The Kier molecular flexibility index (Phi) is 6.66. The topological polar surface area (TPSA) is 64.6 Å². The molecule has 0 fully saturated rings. The number of alkyl halides is 1. The average Bonchev–Trinajstić information content (AvgIpc) is 2.43. The second-order valence-corrected chi connectivity index (χ2v) is 5.08. The van der Waals surface area contributed by atoms with Crippen molar-refractivity contribution >= 4 is 39.4 Å². The molecule has 19 heavy (non-hydrogen) atoms. The van der Waals surface area contributed by atoms with E-state index in [0.717, 1.165) is 0 Å². The molecule has 0 bridgehead atoms. The molecule has 0 heterocycles. The van der Waals surface area contributed by atoms with E-state index in [4.69, 9.17) is 16.3 Å². The van der Waals surface area contributed by atoms with Crippen molar-refractivity contribution < 1.29 is 19.1 Å². The normalized spacial score (nSPS) is 11.5. The van der Waals surface area contributed by atoms with Crippen LogP contribution in [0.4, 0.5) is 0 Å². The van der Waals surface area contributed by atoms with E-state index in [1.807, 2.05) is 0 Å². The molecule has 1 aromatic rings. The highest BCUT2D eigenvalue weighted by Crippen LogP contribution is 2.15. The summed E-state index contributed by atoms with van der Waals surface area (Å²) < 4.78 is 9.74. The average molecular weight is 351 g/mol. The predicted octanol–water partition coefficient (Wildman–Crippen LogP) is 1.77. The molecule has 0 aromatic heterocycles. The van der Waals surface area contributed by atoms with Crippen molar-refractivity contribution in [2.75, 3.05) is 20.3 Å². The molecular weight excluding hydrogens is 337 g/mol. The van der Waals surface area contributed by atoms with Crippen molar-refractivity contribution in [3.05, 3.63) is 29.3 Å². The van der Waals surface area contributed by atoms with Crippen LogP contribution in [0, 0.1) is 0 Å². The second kappa shape index (κ2) is 8.01. The van der Waals surface area contributed by atoms with E-state index in [9.17, 15) is 9.59 Å². The summed E-state index contributed by atoms with van der Waals surface area (Å²) in [5, 5.41) is 3.14. The highest BCUT2D eigenvalue weighted by atomic mass is 79.9. The monoisotopic (exact) mass is 349 g/mol. The fourth-order valence-corrected chi connectivity index (χ4v) is 1.62. The first-order valence-electron chi connectivity index (χ1n) is 5.40. The maximum atomic E-state index is 11.5. The number of hydrogen-bond acceptors (Lipinski definition) is 4. The van der Waals surface area contributed by atoms with Crippen molar-refractivity contribution in [3.63, 3.8) is 0 Å². The van der Waals surface area contributed by atoms with Gasteiger partial charge in [0.2, 0.25) is 0 Å². The SMILES string of the molecule is COC(=O)C(Br)CNC(=O)COc1ccc(Cl)cc1. The number of esters is 1. The number of amides is 1. The Hall–Kier alpha value is -1.27. The van der Waals surface area contributed by atoms with Gasteiger partial charge in [-0.2, -0.15) is 0 Å². The van der Waals surface area contributed by atoms with Gasteiger partial charge in [0.15, 0.2) is 6.61 Å². The van der Waals surface area contributed by atoms with Crippen molar-refractivity contribution in [1.29, 1.82) is 0 Å². The van der Waals surface area contributed by atoms with Gasteiger partial charge in [0.1, 0.15) is 10.6 Å². The predicted molar refractivity (Wildman–Crippen MR) is 74.7 cm³/mol. The second-order valence-electron chi connectivity index (χ2n) is 3.54. The molecule has 5 nitrogen and oxygen atoms in total. The first-order valence-corrected chi connectivity index (χ1v) is 6.69. The van der Waals surface area contributed by atoms with Crippen LogP contribution in [0.1, 0.15) is 0 Å². The lowest BCUT2D eigenvalue weighted by atomic mass is 10.3. The van der Waals surface area contributed by atoms with Crippen LogP contribution in [0.5, 0.6) is 5.75 Å². The third-order valence-corrected chi connectivity index (χ3v) is 3.07. The maximum absolute atomic E-state index is 11.5. The lowest BCUT2D eigenvalue weighted by molar-refractivity contribution is -0.139. The summed E-state index contributed by atoms with van der Waals surface area (Å²) in [5.41, 5.74) is 0. The number of methoxy groups -OCH3 is 1. The largest absolute Gasteiger partial charge is 0.484 e. The van der Waals surface area contributed by atoms with E-state index in [-0.39, 0.29) is 19.1 Å². The van der Waals surface area contributed by atoms with Crippen molar-refractivity contribution in [2.45, 2.75) is 4.83 Å². The van der Waals surface area contributed by atoms with Crippen molar-refractivity contribution in [3.8, 4) is 5.75 Å². The zero-order valence-corrected chi connectivity index (χ0v) is 12.5. The highest BCUT2D eigenvalue weighted by Gasteiger charge is 2.16. The maximum Gasteiger partial charge on any atom is 0.321 e. The van der Waals surface area contributed by atoms with Gasteiger partial charge in [0.25, 0.3) is 5.91 Å². The Bertz CT molecular complexity index is 438. The zero-order valence-electron chi connectivity index (χ0n) is 10.2. The van der Waals surface area contributed by atoms with Crippen molar-refractivity contribution in [1.82, 2.24) is 5.32 Å². The summed E-state index contributed by atoms with van der Waals surface area (Å²) in [6.45, 7) is -0.00197. The number of halogens is 2. The molecular formula is C12H13BrClNO4. The number of nitrogens with one attached hydrogen (secondary N) is 1. The third-order valence-electron chi connectivity index (χ3n) is 2.12. The lowest BCUT2D eigenvalue weighted by Gasteiger charge is -2.10. The van der Waals surface area contributed by atoms with Crippen LogP contribution >= 0.6 is 27.5 Å². The number of carbonyl (C=O) groups excluding carboxylic acids is 2.